The summed E-state index contributed by atoms with van der Waals surface area (Å²) in [6.45, 7) is 2.50. The molecular formula is C14H13FN2S. The number of nitriles is 1. The number of nitrogens with one attached hydrogen (secondary N) is 1. The van der Waals surface area contributed by atoms with E-state index in [-0.39, 0.29) is 11.9 Å². The maximum Gasteiger partial charge on any atom is 0.129 e. The largest absolute Gasteiger partial charge is 0.305 e. The van der Waals surface area contributed by atoms with Crippen molar-refractivity contribution in [1.82, 2.24) is 5.32 Å². The molecule has 1 N–H and O–H groups in total. The molecule has 0 bridgehead atoms. The molecule has 1 atom stereocenters. The first-order chi connectivity index (χ1) is 8.70. The number of thiophene rings is 1. The van der Waals surface area contributed by atoms with Gasteiger partial charge in [-0.15, -0.1) is 11.3 Å². The summed E-state index contributed by atoms with van der Waals surface area (Å²) >= 11 is 1.68. The third kappa shape index (κ3) is 2.95. The van der Waals surface area contributed by atoms with Crippen LogP contribution < -0.4 is 5.32 Å². The van der Waals surface area contributed by atoms with E-state index in [0.29, 0.717) is 17.7 Å². The molecule has 0 unspecified atom stereocenters. The Morgan fingerprint density at radius 3 is 2.89 bits per heavy atom. The Morgan fingerprint density at radius 2 is 2.28 bits per heavy atom. The Kier molecular flexibility index (Phi) is 4.08. The number of nitrogens with zero attached hydrogens (tertiary/aromatic N) is 1. The number of benzene rings is 1. The molecule has 4 heteroatoms. The molecule has 2 nitrogen and oxygen atoms in total. The highest BCUT2D eigenvalue weighted by Gasteiger charge is 2.08. The summed E-state index contributed by atoms with van der Waals surface area (Å²) in [6.07, 6.45) is 0. The standard InChI is InChI=1S/C14H13FN2S/c1-10(14-3-2-6-18-14)17-9-12-5-4-11(8-16)7-13(12)15/h2-7,10,17H,9H2,1H3/t10-/m0/s1. The zero-order valence-electron chi connectivity index (χ0n) is 9.98. The van der Waals surface area contributed by atoms with Gasteiger partial charge in [-0.25, -0.2) is 4.39 Å². The van der Waals surface area contributed by atoms with Gasteiger partial charge in [-0.2, -0.15) is 5.26 Å². The van der Waals surface area contributed by atoms with Gasteiger partial charge in [0, 0.05) is 23.0 Å². The second-order valence-electron chi connectivity index (χ2n) is 4.04. The van der Waals surface area contributed by atoms with Crippen LogP contribution in [0.4, 0.5) is 4.39 Å². The van der Waals surface area contributed by atoms with Crippen molar-refractivity contribution >= 4 is 11.3 Å². The van der Waals surface area contributed by atoms with Gasteiger partial charge in [0.05, 0.1) is 11.6 Å². The van der Waals surface area contributed by atoms with Gasteiger partial charge >= 0.3 is 0 Å². The van der Waals surface area contributed by atoms with Gasteiger partial charge in [0.2, 0.25) is 0 Å². The molecule has 1 heterocycles. The first-order valence-corrected chi connectivity index (χ1v) is 6.54. The highest BCUT2D eigenvalue weighted by atomic mass is 32.1. The first kappa shape index (κ1) is 12.7. The van der Waals surface area contributed by atoms with Crippen LogP contribution in [0.2, 0.25) is 0 Å². The Balaban J connectivity index is 2.00. The molecule has 0 spiro atoms. The Hall–Kier alpha value is -1.70. The fourth-order valence-electron chi connectivity index (χ4n) is 1.66. The molecule has 0 aliphatic carbocycles. The van der Waals surface area contributed by atoms with Crippen molar-refractivity contribution in [3.63, 3.8) is 0 Å². The lowest BCUT2D eigenvalue weighted by molar-refractivity contribution is 0.549. The molecule has 92 valence electrons. The highest BCUT2D eigenvalue weighted by molar-refractivity contribution is 7.10. The van der Waals surface area contributed by atoms with E-state index in [1.807, 2.05) is 24.4 Å². The quantitative estimate of drug-likeness (QED) is 0.911. The summed E-state index contributed by atoms with van der Waals surface area (Å²) in [5.41, 5.74) is 0.931. The minimum atomic E-state index is -0.333. The molecule has 2 rings (SSSR count). The predicted molar refractivity (Wildman–Crippen MR) is 70.7 cm³/mol. The summed E-state index contributed by atoms with van der Waals surface area (Å²) in [5, 5.41) is 14.0. The normalized spacial score (nSPS) is 12.1. The van der Waals surface area contributed by atoms with Crippen molar-refractivity contribution in [3.05, 3.63) is 57.5 Å². The van der Waals surface area contributed by atoms with Crippen molar-refractivity contribution < 1.29 is 4.39 Å². The van der Waals surface area contributed by atoms with Crippen LogP contribution in [0.5, 0.6) is 0 Å². The second-order valence-corrected chi connectivity index (χ2v) is 5.02. The van der Waals surface area contributed by atoms with Crippen LogP contribution in [0, 0.1) is 17.1 Å². The van der Waals surface area contributed by atoms with Crippen molar-refractivity contribution in [2.75, 3.05) is 0 Å². The molecule has 0 saturated heterocycles. The zero-order valence-corrected chi connectivity index (χ0v) is 10.8. The summed E-state index contributed by atoms with van der Waals surface area (Å²) in [6, 6.07) is 10.7. The maximum atomic E-state index is 13.6. The van der Waals surface area contributed by atoms with E-state index in [4.69, 9.17) is 5.26 Å². The van der Waals surface area contributed by atoms with E-state index in [0.717, 1.165) is 0 Å². The van der Waals surface area contributed by atoms with Crippen LogP contribution in [0.15, 0.2) is 35.7 Å². The van der Waals surface area contributed by atoms with Crippen LogP contribution in [0.25, 0.3) is 0 Å². The van der Waals surface area contributed by atoms with Crippen molar-refractivity contribution in [2.24, 2.45) is 0 Å². The number of hydrogen-bond acceptors (Lipinski definition) is 3. The minimum Gasteiger partial charge on any atom is -0.305 e. The van der Waals surface area contributed by atoms with Crippen LogP contribution >= 0.6 is 11.3 Å². The fraction of sp³-hybridized carbons (Fsp3) is 0.214. The Labute approximate surface area is 110 Å². The molecule has 0 radical (unpaired) electrons. The molecule has 0 fully saturated rings. The predicted octanol–water partition coefficient (Wildman–Crippen LogP) is 3.61. The van der Waals surface area contributed by atoms with Crippen LogP contribution in [-0.4, -0.2) is 0 Å². The van der Waals surface area contributed by atoms with Crippen LogP contribution in [-0.2, 0) is 6.54 Å². The summed E-state index contributed by atoms with van der Waals surface area (Å²) in [5.74, 6) is -0.333. The minimum absolute atomic E-state index is 0.194. The van der Waals surface area contributed by atoms with Crippen molar-refractivity contribution in [1.29, 1.82) is 5.26 Å². The number of halogens is 1. The van der Waals surface area contributed by atoms with Gasteiger partial charge in [-0.1, -0.05) is 12.1 Å². The number of rotatable bonds is 4. The SMILES string of the molecule is C[C@H](NCc1ccc(C#N)cc1F)c1cccs1. The molecule has 0 aliphatic heterocycles. The van der Waals surface area contributed by atoms with E-state index in [2.05, 4.69) is 11.4 Å². The summed E-state index contributed by atoms with van der Waals surface area (Å²) in [7, 11) is 0. The molecule has 0 saturated carbocycles. The third-order valence-electron chi connectivity index (χ3n) is 2.75. The van der Waals surface area contributed by atoms with Gasteiger partial charge in [0.1, 0.15) is 5.82 Å². The van der Waals surface area contributed by atoms with Gasteiger partial charge in [0.15, 0.2) is 0 Å². The molecule has 2 aromatic rings. The fourth-order valence-corrected chi connectivity index (χ4v) is 2.42. The molecule has 0 amide bonds. The molecular weight excluding hydrogens is 247 g/mol. The van der Waals surface area contributed by atoms with E-state index >= 15 is 0 Å². The Morgan fingerprint density at radius 1 is 1.44 bits per heavy atom. The lowest BCUT2D eigenvalue weighted by Gasteiger charge is -2.12. The second kappa shape index (κ2) is 5.76. The van der Waals surface area contributed by atoms with E-state index in [9.17, 15) is 4.39 Å². The van der Waals surface area contributed by atoms with Crippen molar-refractivity contribution in [3.8, 4) is 6.07 Å². The average molecular weight is 260 g/mol. The van der Waals surface area contributed by atoms with Crippen molar-refractivity contribution in [2.45, 2.75) is 19.5 Å². The van der Waals surface area contributed by atoms with Gasteiger partial charge in [-0.05, 0) is 30.5 Å². The van der Waals surface area contributed by atoms with E-state index < -0.39 is 0 Å². The summed E-state index contributed by atoms with van der Waals surface area (Å²) in [4.78, 5) is 1.23. The average Bonchev–Trinajstić information content (AvgIpc) is 2.90. The molecule has 18 heavy (non-hydrogen) atoms. The lowest BCUT2D eigenvalue weighted by atomic mass is 10.1. The zero-order chi connectivity index (χ0) is 13.0. The lowest BCUT2D eigenvalue weighted by Crippen LogP contribution is -2.17. The van der Waals surface area contributed by atoms with E-state index in [1.165, 1.54) is 10.9 Å². The van der Waals surface area contributed by atoms with Crippen LogP contribution in [0.1, 0.15) is 29.0 Å². The van der Waals surface area contributed by atoms with E-state index in [1.54, 1.807) is 23.5 Å². The van der Waals surface area contributed by atoms with Crippen LogP contribution in [0.3, 0.4) is 0 Å². The van der Waals surface area contributed by atoms with Gasteiger partial charge in [0.25, 0.3) is 0 Å². The number of hydrogen-bond donors (Lipinski definition) is 1. The summed E-state index contributed by atoms with van der Waals surface area (Å²) < 4.78 is 13.6. The third-order valence-corrected chi connectivity index (χ3v) is 3.81. The highest BCUT2D eigenvalue weighted by Crippen LogP contribution is 2.19. The monoisotopic (exact) mass is 260 g/mol. The van der Waals surface area contributed by atoms with Gasteiger partial charge in [-0.3, -0.25) is 0 Å². The molecule has 1 aromatic heterocycles. The maximum absolute atomic E-state index is 13.6. The molecule has 1 aromatic carbocycles. The first-order valence-electron chi connectivity index (χ1n) is 5.66. The molecule has 0 aliphatic rings. The topological polar surface area (TPSA) is 35.8 Å². The van der Waals surface area contributed by atoms with Gasteiger partial charge < -0.3 is 5.32 Å². The smallest absolute Gasteiger partial charge is 0.129 e. The Bertz CT molecular complexity index is 558.